The van der Waals surface area contributed by atoms with Crippen LogP contribution in [-0.4, -0.2) is 12.5 Å². The molecule has 0 heterocycles. The van der Waals surface area contributed by atoms with Gasteiger partial charge in [-0.1, -0.05) is 30.3 Å². The molecule has 0 fully saturated rings. The summed E-state index contributed by atoms with van der Waals surface area (Å²) in [6.45, 7) is -0.0663. The molecule has 0 saturated carbocycles. The number of ether oxygens (including phenoxy) is 1. The number of nitrogens with two attached hydrogens (primary N) is 1. The maximum Gasteiger partial charge on any atom is 0.343 e. The fourth-order valence-corrected chi connectivity index (χ4v) is 1.62. The third-order valence-electron chi connectivity index (χ3n) is 2.67. The highest BCUT2D eigenvalue weighted by atomic mass is 19.1. The van der Waals surface area contributed by atoms with Crippen molar-refractivity contribution in [2.45, 2.75) is 6.17 Å². The first-order chi connectivity index (χ1) is 9.20. The second-order valence-corrected chi connectivity index (χ2v) is 4.03. The van der Waals surface area contributed by atoms with Gasteiger partial charge >= 0.3 is 5.97 Å². The molecule has 0 aliphatic heterocycles. The van der Waals surface area contributed by atoms with Gasteiger partial charge in [-0.3, -0.25) is 0 Å². The number of hydrogen-bond donors (Lipinski definition) is 1. The van der Waals surface area contributed by atoms with E-state index in [0.717, 1.165) is 0 Å². The van der Waals surface area contributed by atoms with Crippen molar-refractivity contribution in [1.82, 2.24) is 0 Å². The lowest BCUT2D eigenvalue weighted by atomic mass is 10.1. The minimum Gasteiger partial charge on any atom is -0.423 e. The van der Waals surface area contributed by atoms with Crippen LogP contribution in [0.3, 0.4) is 0 Å². The zero-order chi connectivity index (χ0) is 13.7. The van der Waals surface area contributed by atoms with Crippen molar-refractivity contribution >= 4 is 5.97 Å². The molecular weight excluding hydrogens is 245 g/mol. The topological polar surface area (TPSA) is 52.3 Å². The monoisotopic (exact) mass is 259 g/mol. The van der Waals surface area contributed by atoms with Crippen LogP contribution in [0.4, 0.5) is 4.39 Å². The van der Waals surface area contributed by atoms with Crippen LogP contribution >= 0.6 is 0 Å². The van der Waals surface area contributed by atoms with E-state index in [-0.39, 0.29) is 6.54 Å². The van der Waals surface area contributed by atoms with Gasteiger partial charge in [-0.25, -0.2) is 9.18 Å². The van der Waals surface area contributed by atoms with Crippen molar-refractivity contribution in [3.63, 3.8) is 0 Å². The number of hydrogen-bond acceptors (Lipinski definition) is 3. The molecule has 0 aliphatic carbocycles. The zero-order valence-corrected chi connectivity index (χ0v) is 10.3. The highest BCUT2D eigenvalue weighted by Crippen LogP contribution is 2.20. The Bertz CT molecular complexity index is 540. The molecule has 98 valence electrons. The molecule has 0 saturated heterocycles. The second kappa shape index (κ2) is 6.11. The standard InChI is InChI=1S/C15H14FNO2/c16-14(10-17)11-6-8-13(9-7-11)19-15(18)12-4-2-1-3-5-12/h1-9,14H,10,17H2. The predicted octanol–water partition coefficient (Wildman–Crippen LogP) is 2.88. The molecule has 19 heavy (non-hydrogen) atoms. The van der Waals surface area contributed by atoms with Crippen LogP contribution in [0.5, 0.6) is 5.75 Å². The quantitative estimate of drug-likeness (QED) is 0.678. The van der Waals surface area contributed by atoms with Gasteiger partial charge in [-0.2, -0.15) is 0 Å². The maximum atomic E-state index is 13.3. The van der Waals surface area contributed by atoms with Crippen molar-refractivity contribution in [1.29, 1.82) is 0 Å². The molecule has 2 N–H and O–H groups in total. The Hall–Kier alpha value is -2.20. The van der Waals surface area contributed by atoms with Gasteiger partial charge in [0.25, 0.3) is 0 Å². The van der Waals surface area contributed by atoms with Crippen LogP contribution in [0.25, 0.3) is 0 Å². The summed E-state index contributed by atoms with van der Waals surface area (Å²) in [5, 5.41) is 0. The SMILES string of the molecule is NCC(F)c1ccc(OC(=O)c2ccccc2)cc1. The van der Waals surface area contributed by atoms with Crippen LogP contribution in [0, 0.1) is 0 Å². The van der Waals surface area contributed by atoms with Crippen molar-refractivity contribution < 1.29 is 13.9 Å². The van der Waals surface area contributed by atoms with Gasteiger partial charge in [0.1, 0.15) is 11.9 Å². The number of alkyl halides is 1. The highest BCUT2D eigenvalue weighted by Gasteiger charge is 2.10. The van der Waals surface area contributed by atoms with E-state index in [0.29, 0.717) is 16.9 Å². The van der Waals surface area contributed by atoms with Gasteiger partial charge < -0.3 is 10.5 Å². The summed E-state index contributed by atoms with van der Waals surface area (Å²) in [6.07, 6.45) is -1.20. The first kappa shape index (κ1) is 13.2. The predicted molar refractivity (Wildman–Crippen MR) is 70.7 cm³/mol. The molecule has 1 unspecified atom stereocenters. The normalized spacial score (nSPS) is 11.9. The van der Waals surface area contributed by atoms with E-state index in [1.165, 1.54) is 0 Å². The Morgan fingerprint density at radius 1 is 1.11 bits per heavy atom. The number of carbonyl (C=O) groups is 1. The van der Waals surface area contributed by atoms with Crippen LogP contribution in [0.15, 0.2) is 54.6 Å². The summed E-state index contributed by atoms with van der Waals surface area (Å²) < 4.78 is 18.5. The van der Waals surface area contributed by atoms with E-state index in [9.17, 15) is 9.18 Å². The smallest absolute Gasteiger partial charge is 0.343 e. The molecule has 2 aromatic rings. The fourth-order valence-electron chi connectivity index (χ4n) is 1.62. The number of carbonyl (C=O) groups excluding carboxylic acids is 1. The lowest BCUT2D eigenvalue weighted by molar-refractivity contribution is 0.0734. The Kier molecular flexibility index (Phi) is 4.26. The molecule has 3 nitrogen and oxygen atoms in total. The third kappa shape index (κ3) is 3.39. The highest BCUT2D eigenvalue weighted by molar-refractivity contribution is 5.90. The van der Waals surface area contributed by atoms with Gasteiger partial charge in [0.15, 0.2) is 0 Å². The average molecular weight is 259 g/mol. The minimum absolute atomic E-state index is 0.0663. The van der Waals surface area contributed by atoms with Crippen LogP contribution in [0.2, 0.25) is 0 Å². The summed E-state index contributed by atoms with van der Waals surface area (Å²) in [6, 6.07) is 14.9. The largest absolute Gasteiger partial charge is 0.423 e. The van der Waals surface area contributed by atoms with Gasteiger partial charge in [0, 0.05) is 6.54 Å². The van der Waals surface area contributed by atoms with Crippen molar-refractivity contribution in [3.8, 4) is 5.75 Å². The maximum absolute atomic E-state index is 13.3. The minimum atomic E-state index is -1.20. The summed E-state index contributed by atoms with van der Waals surface area (Å²) in [5.74, 6) is -0.0641. The average Bonchev–Trinajstić information content (AvgIpc) is 2.48. The molecule has 0 spiro atoms. The molecule has 4 heteroatoms. The number of rotatable bonds is 4. The number of halogens is 1. The molecule has 0 bridgehead atoms. The summed E-state index contributed by atoms with van der Waals surface area (Å²) >= 11 is 0. The van der Waals surface area contributed by atoms with E-state index in [4.69, 9.17) is 10.5 Å². The van der Waals surface area contributed by atoms with Crippen LogP contribution in [0.1, 0.15) is 22.1 Å². The molecule has 0 aliphatic rings. The van der Waals surface area contributed by atoms with Crippen LogP contribution < -0.4 is 10.5 Å². The molecule has 0 aromatic heterocycles. The van der Waals surface area contributed by atoms with Gasteiger partial charge in [0.2, 0.25) is 0 Å². The molecule has 2 rings (SSSR count). The van der Waals surface area contributed by atoms with Crippen LogP contribution in [-0.2, 0) is 0 Å². The van der Waals surface area contributed by atoms with E-state index >= 15 is 0 Å². The van der Waals surface area contributed by atoms with E-state index in [2.05, 4.69) is 0 Å². The molecule has 0 radical (unpaired) electrons. The summed E-state index contributed by atoms with van der Waals surface area (Å²) in [7, 11) is 0. The van der Waals surface area contributed by atoms with Gasteiger partial charge in [0.05, 0.1) is 5.56 Å². The molecule has 0 amide bonds. The molecular formula is C15H14FNO2. The Balaban J connectivity index is 2.06. The van der Waals surface area contributed by atoms with Gasteiger partial charge in [-0.15, -0.1) is 0 Å². The fraction of sp³-hybridized carbons (Fsp3) is 0.133. The second-order valence-electron chi connectivity index (χ2n) is 4.03. The number of esters is 1. The summed E-state index contributed by atoms with van der Waals surface area (Å²) in [5.41, 5.74) is 6.18. The molecule has 2 aromatic carbocycles. The lowest BCUT2D eigenvalue weighted by Crippen LogP contribution is -2.09. The Morgan fingerprint density at radius 3 is 2.32 bits per heavy atom. The van der Waals surface area contributed by atoms with E-state index in [1.54, 1.807) is 48.5 Å². The van der Waals surface area contributed by atoms with Crippen molar-refractivity contribution in [2.75, 3.05) is 6.54 Å². The van der Waals surface area contributed by atoms with E-state index < -0.39 is 12.1 Å². The van der Waals surface area contributed by atoms with E-state index in [1.807, 2.05) is 6.07 Å². The Labute approximate surface area is 110 Å². The molecule has 1 atom stereocenters. The first-order valence-electron chi connectivity index (χ1n) is 5.92. The zero-order valence-electron chi connectivity index (χ0n) is 10.3. The lowest BCUT2D eigenvalue weighted by Gasteiger charge is -2.07. The van der Waals surface area contributed by atoms with Gasteiger partial charge in [-0.05, 0) is 29.8 Å². The van der Waals surface area contributed by atoms with Crippen molar-refractivity contribution in [3.05, 3.63) is 65.7 Å². The Morgan fingerprint density at radius 2 is 1.74 bits per heavy atom. The number of benzene rings is 2. The summed E-state index contributed by atoms with van der Waals surface area (Å²) in [4.78, 5) is 11.8. The third-order valence-corrected chi connectivity index (χ3v) is 2.67. The van der Waals surface area contributed by atoms with Crippen molar-refractivity contribution in [2.24, 2.45) is 5.73 Å². The first-order valence-corrected chi connectivity index (χ1v) is 5.92.